The SMILES string of the molecule is CC1(C)NC(=O)C2(C)CCCCC12. The molecule has 0 bridgehead atoms. The summed E-state index contributed by atoms with van der Waals surface area (Å²) in [7, 11) is 0. The van der Waals surface area contributed by atoms with Crippen LogP contribution in [-0.2, 0) is 4.79 Å². The van der Waals surface area contributed by atoms with Crippen LogP contribution in [0, 0.1) is 11.3 Å². The van der Waals surface area contributed by atoms with Crippen LogP contribution >= 0.6 is 0 Å². The van der Waals surface area contributed by atoms with Gasteiger partial charge in [-0.15, -0.1) is 0 Å². The van der Waals surface area contributed by atoms with Crippen LogP contribution < -0.4 is 5.32 Å². The van der Waals surface area contributed by atoms with Gasteiger partial charge in [-0.3, -0.25) is 4.79 Å². The van der Waals surface area contributed by atoms with Gasteiger partial charge < -0.3 is 5.32 Å². The summed E-state index contributed by atoms with van der Waals surface area (Å²) in [4.78, 5) is 11.8. The molecule has 0 aromatic heterocycles. The molecule has 0 radical (unpaired) electrons. The van der Waals surface area contributed by atoms with Crippen LogP contribution in [0.5, 0.6) is 0 Å². The summed E-state index contributed by atoms with van der Waals surface area (Å²) in [5, 5.41) is 3.14. The number of carbonyl (C=O) groups excluding carboxylic acids is 1. The Bertz CT molecular complexity index is 246. The zero-order valence-electron chi connectivity index (χ0n) is 8.81. The highest BCUT2D eigenvalue weighted by molar-refractivity contribution is 5.86. The lowest BCUT2D eigenvalue weighted by atomic mass is 9.64. The van der Waals surface area contributed by atoms with Crippen LogP contribution in [0.1, 0.15) is 46.5 Å². The molecule has 2 rings (SSSR count). The molecule has 2 nitrogen and oxygen atoms in total. The van der Waals surface area contributed by atoms with Crippen LogP contribution in [0.4, 0.5) is 0 Å². The van der Waals surface area contributed by atoms with Crippen molar-refractivity contribution in [3.63, 3.8) is 0 Å². The molecule has 1 heterocycles. The number of carbonyl (C=O) groups is 1. The van der Waals surface area contributed by atoms with E-state index in [4.69, 9.17) is 0 Å². The van der Waals surface area contributed by atoms with E-state index < -0.39 is 0 Å². The third-order valence-electron chi connectivity index (χ3n) is 4.03. The summed E-state index contributed by atoms with van der Waals surface area (Å²) in [6, 6.07) is 0. The molecule has 1 aliphatic heterocycles. The molecule has 2 heteroatoms. The predicted molar refractivity (Wildman–Crippen MR) is 52.3 cm³/mol. The highest BCUT2D eigenvalue weighted by atomic mass is 16.2. The van der Waals surface area contributed by atoms with Gasteiger partial charge in [-0.1, -0.05) is 19.8 Å². The first-order valence-electron chi connectivity index (χ1n) is 5.29. The number of nitrogens with one attached hydrogen (secondary N) is 1. The average molecular weight is 181 g/mol. The minimum absolute atomic E-state index is 0.0201. The van der Waals surface area contributed by atoms with Gasteiger partial charge in [0.05, 0.1) is 5.41 Å². The van der Waals surface area contributed by atoms with Gasteiger partial charge in [0.2, 0.25) is 5.91 Å². The number of hydrogen-bond donors (Lipinski definition) is 1. The van der Waals surface area contributed by atoms with Crippen LogP contribution in [0.3, 0.4) is 0 Å². The molecule has 0 spiro atoms. The summed E-state index contributed by atoms with van der Waals surface area (Å²) in [5.74, 6) is 0.823. The summed E-state index contributed by atoms with van der Waals surface area (Å²) in [5.41, 5.74) is -0.0476. The van der Waals surface area contributed by atoms with Crippen LogP contribution in [0.25, 0.3) is 0 Å². The lowest BCUT2D eigenvalue weighted by Crippen LogP contribution is -2.40. The molecule has 1 saturated carbocycles. The topological polar surface area (TPSA) is 29.1 Å². The fraction of sp³-hybridized carbons (Fsp3) is 0.909. The maximum absolute atomic E-state index is 11.8. The summed E-state index contributed by atoms with van der Waals surface area (Å²) in [6.07, 6.45) is 4.80. The van der Waals surface area contributed by atoms with E-state index in [1.165, 1.54) is 19.3 Å². The van der Waals surface area contributed by atoms with E-state index in [0.29, 0.717) is 5.92 Å². The van der Waals surface area contributed by atoms with Crippen LogP contribution in [0.2, 0.25) is 0 Å². The molecule has 1 N–H and O–H groups in total. The Morgan fingerprint density at radius 1 is 1.31 bits per heavy atom. The largest absolute Gasteiger partial charge is 0.350 e. The molecular formula is C11H19NO. The van der Waals surface area contributed by atoms with E-state index in [-0.39, 0.29) is 16.9 Å². The minimum atomic E-state index is -0.0677. The third kappa shape index (κ3) is 1.11. The average Bonchev–Trinajstić information content (AvgIpc) is 2.20. The smallest absolute Gasteiger partial charge is 0.226 e. The second-order valence-electron chi connectivity index (χ2n) is 5.39. The Balaban J connectivity index is 2.35. The first kappa shape index (κ1) is 9.04. The van der Waals surface area contributed by atoms with Crippen molar-refractivity contribution < 1.29 is 4.79 Å². The van der Waals surface area contributed by atoms with Crippen molar-refractivity contribution in [2.24, 2.45) is 11.3 Å². The monoisotopic (exact) mass is 181 g/mol. The van der Waals surface area contributed by atoms with E-state index in [1.807, 2.05) is 0 Å². The standard InChI is InChI=1S/C11H19NO/c1-10(2)8-6-4-5-7-11(8,3)9(13)12-10/h8H,4-7H2,1-3H3,(H,12,13). The first-order chi connectivity index (χ1) is 5.97. The Labute approximate surface area is 80.1 Å². The zero-order valence-corrected chi connectivity index (χ0v) is 8.81. The van der Waals surface area contributed by atoms with Crippen molar-refractivity contribution in [3.05, 3.63) is 0 Å². The highest BCUT2D eigenvalue weighted by Gasteiger charge is 2.55. The normalized spacial score (nSPS) is 42.7. The molecule has 2 unspecified atom stereocenters. The molecular weight excluding hydrogens is 162 g/mol. The Kier molecular flexibility index (Phi) is 1.73. The quantitative estimate of drug-likeness (QED) is 0.609. The van der Waals surface area contributed by atoms with E-state index in [0.717, 1.165) is 6.42 Å². The van der Waals surface area contributed by atoms with Crippen molar-refractivity contribution in [1.82, 2.24) is 5.32 Å². The van der Waals surface area contributed by atoms with Crippen molar-refractivity contribution in [1.29, 1.82) is 0 Å². The minimum Gasteiger partial charge on any atom is -0.350 e. The van der Waals surface area contributed by atoms with Crippen LogP contribution in [0.15, 0.2) is 0 Å². The van der Waals surface area contributed by atoms with Crippen molar-refractivity contribution in [3.8, 4) is 0 Å². The van der Waals surface area contributed by atoms with Gasteiger partial charge >= 0.3 is 0 Å². The number of amides is 1. The fourth-order valence-electron chi connectivity index (χ4n) is 3.29. The molecule has 13 heavy (non-hydrogen) atoms. The molecule has 1 amide bonds. The fourth-order valence-corrected chi connectivity index (χ4v) is 3.29. The molecule has 2 aliphatic rings. The molecule has 1 aliphatic carbocycles. The van der Waals surface area contributed by atoms with Crippen molar-refractivity contribution >= 4 is 5.91 Å². The maximum atomic E-state index is 11.8. The lowest BCUT2D eigenvalue weighted by molar-refractivity contribution is -0.129. The third-order valence-corrected chi connectivity index (χ3v) is 4.03. The van der Waals surface area contributed by atoms with Crippen LogP contribution in [-0.4, -0.2) is 11.4 Å². The summed E-state index contributed by atoms with van der Waals surface area (Å²) < 4.78 is 0. The highest BCUT2D eigenvalue weighted by Crippen LogP contribution is 2.50. The number of fused-ring (bicyclic) bond motifs is 1. The van der Waals surface area contributed by atoms with E-state index in [9.17, 15) is 4.79 Å². The van der Waals surface area contributed by atoms with Gasteiger partial charge in [-0.05, 0) is 32.6 Å². The van der Waals surface area contributed by atoms with E-state index >= 15 is 0 Å². The Morgan fingerprint density at radius 2 is 2.00 bits per heavy atom. The van der Waals surface area contributed by atoms with Gasteiger partial charge in [0.25, 0.3) is 0 Å². The van der Waals surface area contributed by atoms with Gasteiger partial charge in [-0.25, -0.2) is 0 Å². The maximum Gasteiger partial charge on any atom is 0.226 e. The molecule has 74 valence electrons. The predicted octanol–water partition coefficient (Wildman–Crippen LogP) is 2.09. The molecule has 2 fully saturated rings. The summed E-state index contributed by atoms with van der Waals surface area (Å²) >= 11 is 0. The molecule has 0 aromatic rings. The van der Waals surface area contributed by atoms with Crippen molar-refractivity contribution in [2.75, 3.05) is 0 Å². The van der Waals surface area contributed by atoms with E-state index in [2.05, 4.69) is 26.1 Å². The second-order valence-corrected chi connectivity index (χ2v) is 5.39. The first-order valence-corrected chi connectivity index (χ1v) is 5.29. The summed E-state index contributed by atoms with van der Waals surface area (Å²) in [6.45, 7) is 6.46. The van der Waals surface area contributed by atoms with Crippen molar-refractivity contribution in [2.45, 2.75) is 52.0 Å². The number of rotatable bonds is 0. The lowest BCUT2D eigenvalue weighted by Gasteiger charge is -2.38. The van der Waals surface area contributed by atoms with Gasteiger partial charge in [0.15, 0.2) is 0 Å². The zero-order chi connectivity index (χ0) is 9.69. The number of hydrogen-bond acceptors (Lipinski definition) is 1. The van der Waals surface area contributed by atoms with Gasteiger partial charge in [-0.2, -0.15) is 0 Å². The van der Waals surface area contributed by atoms with Gasteiger partial charge in [0, 0.05) is 5.54 Å². The van der Waals surface area contributed by atoms with Gasteiger partial charge in [0.1, 0.15) is 0 Å². The Morgan fingerprint density at radius 3 is 2.62 bits per heavy atom. The molecule has 0 aromatic carbocycles. The second kappa shape index (κ2) is 2.49. The van der Waals surface area contributed by atoms with E-state index in [1.54, 1.807) is 0 Å². The Hall–Kier alpha value is -0.530. The molecule has 2 atom stereocenters. The molecule has 1 saturated heterocycles.